The lowest BCUT2D eigenvalue weighted by Crippen LogP contribution is -2.58. The summed E-state index contributed by atoms with van der Waals surface area (Å²) in [5.74, 6) is 0. The van der Waals surface area contributed by atoms with Gasteiger partial charge in [0.05, 0.1) is 40.5 Å². The molecule has 4 N–H and O–H groups in total. The number of carbonyl (C=O) groups excluding carboxylic acids is 5. The standard InChI is InChI=1S/C47H72N8O12/c1-43(2,3)63-38(56)48-29-20-30(49-39(57)64-44(4,5)6)26-52(25-29)35-22-36(24-37(23-35)54(42(60)67-47(13,14)15)33-16-18-34(19-17-33)55(61)62)53-27-31(50-40(58)65-45(7,8)9)21-32(28-53)51-41(59)66-46(10,11)12/h16-19,22-24,29-32H,20-21,25-28H2,1-15H3,(H,48,56)(H,49,57)(H,50,58)(H,51,59). The molecule has 2 heterocycles. The third-order valence-electron chi connectivity index (χ3n) is 9.56. The Morgan fingerprint density at radius 2 is 0.806 bits per heavy atom. The molecule has 20 heteroatoms. The molecular formula is C47H72N8O12. The molecule has 0 aliphatic carbocycles. The van der Waals surface area contributed by atoms with Gasteiger partial charge in [-0.25, -0.2) is 28.9 Å². The summed E-state index contributed by atoms with van der Waals surface area (Å²) in [4.78, 5) is 83.6. The number of carbonyl (C=O) groups is 5. The minimum Gasteiger partial charge on any atom is -0.444 e. The zero-order valence-electron chi connectivity index (χ0n) is 41.8. The van der Waals surface area contributed by atoms with Crippen molar-refractivity contribution in [2.45, 2.75) is 169 Å². The highest BCUT2D eigenvalue weighted by atomic mass is 16.6. The second kappa shape index (κ2) is 20.8. The lowest BCUT2D eigenvalue weighted by atomic mass is 9.98. The number of non-ortho nitro benzene ring substituents is 1. The maximum absolute atomic E-state index is 14.4. The van der Waals surface area contributed by atoms with Crippen molar-refractivity contribution < 1.29 is 52.6 Å². The Bertz CT molecular complexity index is 1920. The van der Waals surface area contributed by atoms with Crippen molar-refractivity contribution in [3.63, 3.8) is 0 Å². The molecule has 67 heavy (non-hydrogen) atoms. The van der Waals surface area contributed by atoms with Crippen molar-refractivity contribution in [3.05, 3.63) is 52.6 Å². The van der Waals surface area contributed by atoms with Gasteiger partial charge in [-0.05, 0) is 147 Å². The van der Waals surface area contributed by atoms with Gasteiger partial charge < -0.3 is 54.8 Å². The van der Waals surface area contributed by atoms with E-state index in [2.05, 4.69) is 21.3 Å². The van der Waals surface area contributed by atoms with Gasteiger partial charge in [-0.3, -0.25) is 10.1 Å². The summed E-state index contributed by atoms with van der Waals surface area (Å²) in [6.07, 6.45) is -2.77. The van der Waals surface area contributed by atoms with E-state index in [0.717, 1.165) is 0 Å². The number of piperidine rings is 2. The SMILES string of the molecule is CC(C)(C)OC(=O)NC1CC(NC(=O)OC(C)(C)C)CN(c2cc(N3CC(NC(=O)OC(C)(C)C)CC(NC(=O)OC(C)(C)C)C3)cc(N(C(=O)OC(C)(C)C)c3ccc([N+](=O)[O-])cc3)c2)C1. The molecule has 2 aliphatic heterocycles. The molecule has 2 aliphatic rings. The molecule has 2 fully saturated rings. The number of hydrogen-bond donors (Lipinski definition) is 4. The van der Waals surface area contributed by atoms with Gasteiger partial charge in [-0.1, -0.05) is 0 Å². The molecule has 4 atom stereocenters. The highest BCUT2D eigenvalue weighted by Crippen LogP contribution is 2.38. The van der Waals surface area contributed by atoms with Crippen LogP contribution in [-0.2, 0) is 23.7 Å². The number of rotatable bonds is 9. The number of amides is 5. The molecule has 5 amide bonds. The molecule has 4 unspecified atom stereocenters. The molecule has 20 nitrogen and oxygen atoms in total. The Hall–Kier alpha value is -6.21. The minimum atomic E-state index is -0.960. The van der Waals surface area contributed by atoms with Gasteiger partial charge in [0, 0.05) is 49.7 Å². The van der Waals surface area contributed by atoms with E-state index in [9.17, 15) is 34.1 Å². The average molecular weight is 941 g/mol. The summed E-state index contributed by atoms with van der Waals surface area (Å²) in [7, 11) is 0. The van der Waals surface area contributed by atoms with E-state index < -0.39 is 87.6 Å². The third kappa shape index (κ3) is 18.2. The van der Waals surface area contributed by atoms with Crippen molar-refractivity contribution in [3.8, 4) is 0 Å². The first kappa shape index (κ1) is 53.4. The third-order valence-corrected chi connectivity index (χ3v) is 9.56. The second-order valence-electron chi connectivity index (χ2n) is 22.0. The predicted octanol–water partition coefficient (Wildman–Crippen LogP) is 8.66. The molecule has 0 radical (unpaired) electrons. The van der Waals surface area contributed by atoms with Gasteiger partial charge in [-0.2, -0.15) is 0 Å². The predicted molar refractivity (Wildman–Crippen MR) is 254 cm³/mol. The van der Waals surface area contributed by atoms with Crippen molar-refractivity contribution in [2.24, 2.45) is 0 Å². The fraction of sp³-hybridized carbons (Fsp3) is 0.638. The monoisotopic (exact) mass is 941 g/mol. The maximum Gasteiger partial charge on any atom is 0.419 e. The Labute approximate surface area is 394 Å². The number of anilines is 4. The van der Waals surface area contributed by atoms with Gasteiger partial charge in [-0.15, -0.1) is 0 Å². The summed E-state index contributed by atoms with van der Waals surface area (Å²) < 4.78 is 28.4. The molecule has 2 aromatic carbocycles. The molecule has 4 rings (SSSR count). The van der Waals surface area contributed by atoms with Crippen LogP contribution in [0.3, 0.4) is 0 Å². The highest BCUT2D eigenvalue weighted by Gasteiger charge is 2.36. The van der Waals surface area contributed by atoms with Crippen molar-refractivity contribution in [1.29, 1.82) is 0 Å². The number of benzene rings is 2. The van der Waals surface area contributed by atoms with Crippen LogP contribution in [0, 0.1) is 10.1 Å². The Balaban J connectivity index is 1.93. The van der Waals surface area contributed by atoms with Crippen LogP contribution >= 0.6 is 0 Å². The van der Waals surface area contributed by atoms with Gasteiger partial charge in [0.25, 0.3) is 5.69 Å². The van der Waals surface area contributed by atoms with Crippen LogP contribution in [0.1, 0.15) is 117 Å². The summed E-state index contributed by atoms with van der Waals surface area (Å²) in [5, 5.41) is 23.5. The van der Waals surface area contributed by atoms with Crippen LogP contribution in [0.5, 0.6) is 0 Å². The molecule has 2 saturated heterocycles. The molecular weight excluding hydrogens is 869 g/mol. The Morgan fingerprint density at radius 1 is 0.507 bits per heavy atom. The summed E-state index contributed by atoms with van der Waals surface area (Å²) in [6.45, 7) is 27.1. The number of ether oxygens (including phenoxy) is 5. The van der Waals surface area contributed by atoms with Crippen LogP contribution in [0.15, 0.2) is 42.5 Å². The number of nitrogens with zero attached hydrogens (tertiary/aromatic N) is 4. The summed E-state index contributed by atoms with van der Waals surface area (Å²) in [6, 6.07) is 8.56. The zero-order valence-corrected chi connectivity index (χ0v) is 41.8. The van der Waals surface area contributed by atoms with E-state index in [1.54, 1.807) is 116 Å². The quantitative estimate of drug-likeness (QED) is 0.105. The first-order valence-electron chi connectivity index (χ1n) is 22.5. The molecule has 0 bridgehead atoms. The maximum atomic E-state index is 14.4. The largest absolute Gasteiger partial charge is 0.444 e. The fourth-order valence-corrected chi connectivity index (χ4v) is 7.40. The highest BCUT2D eigenvalue weighted by molar-refractivity contribution is 5.97. The van der Waals surface area contributed by atoms with Crippen LogP contribution in [0.2, 0.25) is 0 Å². The first-order chi connectivity index (χ1) is 30.6. The second-order valence-corrected chi connectivity index (χ2v) is 22.0. The number of nitro groups is 1. The molecule has 0 saturated carbocycles. The van der Waals surface area contributed by atoms with Gasteiger partial charge in [0.2, 0.25) is 0 Å². The molecule has 0 aromatic heterocycles. The molecule has 0 spiro atoms. The van der Waals surface area contributed by atoms with E-state index in [0.29, 0.717) is 24.2 Å². The van der Waals surface area contributed by atoms with Gasteiger partial charge >= 0.3 is 30.5 Å². The van der Waals surface area contributed by atoms with Crippen LogP contribution in [-0.4, -0.2) is 114 Å². The average Bonchev–Trinajstić information content (AvgIpc) is 3.10. The summed E-state index contributed by atoms with van der Waals surface area (Å²) in [5.41, 5.74) is -2.71. The molecule has 2 aromatic rings. The van der Waals surface area contributed by atoms with E-state index in [-0.39, 0.29) is 43.2 Å². The van der Waals surface area contributed by atoms with E-state index in [1.165, 1.54) is 29.2 Å². The summed E-state index contributed by atoms with van der Waals surface area (Å²) >= 11 is 0. The van der Waals surface area contributed by atoms with Crippen LogP contribution in [0.25, 0.3) is 0 Å². The fourth-order valence-electron chi connectivity index (χ4n) is 7.40. The van der Waals surface area contributed by atoms with E-state index in [4.69, 9.17) is 23.7 Å². The van der Waals surface area contributed by atoms with Gasteiger partial charge in [0.15, 0.2) is 0 Å². The number of nitrogens with one attached hydrogen (secondary N) is 4. The van der Waals surface area contributed by atoms with E-state index in [1.807, 2.05) is 15.9 Å². The minimum absolute atomic E-state index is 0.192. The number of hydrogen-bond acceptors (Lipinski definition) is 14. The normalized spacial score (nSPS) is 19.3. The van der Waals surface area contributed by atoms with Crippen molar-refractivity contribution >= 4 is 58.9 Å². The van der Waals surface area contributed by atoms with Crippen molar-refractivity contribution in [1.82, 2.24) is 21.3 Å². The lowest BCUT2D eigenvalue weighted by Gasteiger charge is -2.42. The topological polar surface area (TPSA) is 232 Å². The Morgan fingerprint density at radius 3 is 1.07 bits per heavy atom. The smallest absolute Gasteiger partial charge is 0.419 e. The number of alkyl carbamates (subject to hydrolysis) is 4. The Kier molecular flexibility index (Phi) is 16.5. The van der Waals surface area contributed by atoms with Crippen LogP contribution < -0.4 is 36.0 Å². The zero-order chi connectivity index (χ0) is 50.4. The van der Waals surface area contributed by atoms with Crippen LogP contribution in [0.4, 0.5) is 52.4 Å². The van der Waals surface area contributed by atoms with Crippen molar-refractivity contribution in [2.75, 3.05) is 40.9 Å². The van der Waals surface area contributed by atoms with Gasteiger partial charge in [0.1, 0.15) is 28.0 Å². The first-order valence-corrected chi connectivity index (χ1v) is 22.5. The lowest BCUT2D eigenvalue weighted by molar-refractivity contribution is -0.384. The van der Waals surface area contributed by atoms with E-state index >= 15 is 0 Å². The number of nitro benzene ring substituents is 1. The molecule has 372 valence electrons.